The van der Waals surface area contributed by atoms with Gasteiger partial charge in [-0.3, -0.25) is 0 Å². The van der Waals surface area contributed by atoms with Crippen molar-refractivity contribution >= 4 is 5.97 Å². The summed E-state index contributed by atoms with van der Waals surface area (Å²) in [4.78, 5) is 20.1. The molecular weight excluding hydrogens is 318 g/mol. The maximum absolute atomic E-state index is 12.2. The van der Waals surface area contributed by atoms with E-state index in [0.29, 0.717) is 31.6 Å². The van der Waals surface area contributed by atoms with E-state index in [-0.39, 0.29) is 23.8 Å². The molecule has 1 rings (SSSR count). The van der Waals surface area contributed by atoms with Crippen LogP contribution < -0.4 is 4.74 Å². The third-order valence-corrected chi connectivity index (χ3v) is 3.41. The second-order valence-electron chi connectivity index (χ2n) is 5.49. The Hall–Kier alpha value is -2.05. The second-order valence-corrected chi connectivity index (χ2v) is 5.49. The van der Waals surface area contributed by atoms with Crippen molar-refractivity contribution in [3.05, 3.63) is 29.1 Å². The average Bonchev–Trinajstić information content (AvgIpc) is 2.54. The summed E-state index contributed by atoms with van der Waals surface area (Å²) in [7, 11) is 0. The first-order valence-corrected chi connectivity index (χ1v) is 8.10. The molecule has 1 aromatic heterocycles. The number of aryl methyl sites for hydroxylation is 1. The van der Waals surface area contributed by atoms with Gasteiger partial charge in [0.1, 0.15) is 0 Å². The van der Waals surface area contributed by atoms with Crippen LogP contribution in [0.15, 0.2) is 17.9 Å². The van der Waals surface area contributed by atoms with Crippen LogP contribution in [0.5, 0.6) is 6.01 Å². The lowest BCUT2D eigenvalue weighted by Crippen LogP contribution is -2.11. The summed E-state index contributed by atoms with van der Waals surface area (Å²) < 4.78 is 35.0. The number of halogens is 2. The summed E-state index contributed by atoms with van der Waals surface area (Å²) in [5, 5.41) is 0. The lowest BCUT2D eigenvalue weighted by atomic mass is 10.1. The minimum atomic E-state index is -1.64. The molecule has 5 nitrogen and oxygen atoms in total. The number of allylic oxidation sites excluding steroid dienone is 1. The van der Waals surface area contributed by atoms with Gasteiger partial charge in [-0.05, 0) is 45.1 Å². The van der Waals surface area contributed by atoms with Crippen LogP contribution in [-0.4, -0.2) is 29.2 Å². The van der Waals surface area contributed by atoms with E-state index in [1.54, 1.807) is 6.92 Å². The van der Waals surface area contributed by atoms with Crippen LogP contribution in [0.2, 0.25) is 0 Å². The van der Waals surface area contributed by atoms with Crippen LogP contribution in [0, 0.1) is 6.92 Å². The standard InChI is InChI=1S/C17H24F2N2O3/c1-4-5-9-24-17-20-11-14(13(3)21-17)16(22)23-10-7-6-8-12(2)15(18)19/h11H,4-10H2,1-3H3. The number of carbonyl (C=O) groups is 1. The Morgan fingerprint density at radius 1 is 1.21 bits per heavy atom. The molecule has 0 N–H and O–H groups in total. The highest BCUT2D eigenvalue weighted by atomic mass is 19.3. The van der Waals surface area contributed by atoms with Crippen LogP contribution in [0.25, 0.3) is 0 Å². The Kier molecular flexibility index (Phi) is 8.89. The molecule has 1 aromatic rings. The predicted molar refractivity (Wildman–Crippen MR) is 86.2 cm³/mol. The van der Waals surface area contributed by atoms with Gasteiger partial charge in [0.2, 0.25) is 0 Å². The fourth-order valence-corrected chi connectivity index (χ4v) is 1.85. The summed E-state index contributed by atoms with van der Waals surface area (Å²) in [5.74, 6) is -0.517. The fourth-order valence-electron chi connectivity index (χ4n) is 1.85. The van der Waals surface area contributed by atoms with Crippen LogP contribution in [-0.2, 0) is 4.74 Å². The van der Waals surface area contributed by atoms with Crippen LogP contribution in [0.3, 0.4) is 0 Å². The summed E-state index contributed by atoms with van der Waals surface area (Å²) >= 11 is 0. The molecule has 0 unspecified atom stereocenters. The predicted octanol–water partition coefficient (Wildman–Crippen LogP) is 4.46. The molecule has 7 heteroatoms. The molecule has 0 amide bonds. The maximum Gasteiger partial charge on any atom is 0.341 e. The van der Waals surface area contributed by atoms with Crippen molar-refractivity contribution in [2.24, 2.45) is 0 Å². The molecule has 24 heavy (non-hydrogen) atoms. The van der Waals surface area contributed by atoms with E-state index in [2.05, 4.69) is 16.9 Å². The molecule has 0 bridgehead atoms. The van der Waals surface area contributed by atoms with Crippen LogP contribution in [0.1, 0.15) is 62.0 Å². The largest absolute Gasteiger partial charge is 0.463 e. The second kappa shape index (κ2) is 10.7. The van der Waals surface area contributed by atoms with Gasteiger partial charge < -0.3 is 9.47 Å². The molecule has 0 aliphatic heterocycles. The maximum atomic E-state index is 12.2. The summed E-state index contributed by atoms with van der Waals surface area (Å²) in [6.45, 7) is 5.84. The number of nitrogens with zero attached hydrogens (tertiary/aromatic N) is 2. The molecule has 134 valence electrons. The Bertz CT molecular complexity index is 573. The minimum absolute atomic E-state index is 0.0734. The Morgan fingerprint density at radius 2 is 1.96 bits per heavy atom. The van der Waals surface area contributed by atoms with Crippen LogP contribution >= 0.6 is 0 Å². The van der Waals surface area contributed by atoms with Crippen LogP contribution in [0.4, 0.5) is 8.78 Å². The van der Waals surface area contributed by atoms with Gasteiger partial charge in [-0.1, -0.05) is 13.3 Å². The minimum Gasteiger partial charge on any atom is -0.463 e. The molecule has 0 spiro atoms. The van der Waals surface area contributed by atoms with Gasteiger partial charge in [0, 0.05) is 6.20 Å². The van der Waals surface area contributed by atoms with Crippen molar-refractivity contribution < 1.29 is 23.0 Å². The van der Waals surface area contributed by atoms with Crippen molar-refractivity contribution in [2.45, 2.75) is 52.9 Å². The molecule has 0 atom stereocenters. The highest BCUT2D eigenvalue weighted by Crippen LogP contribution is 2.15. The molecule has 0 saturated heterocycles. The van der Waals surface area contributed by atoms with E-state index in [4.69, 9.17) is 9.47 Å². The fraction of sp³-hybridized carbons (Fsp3) is 0.588. The Morgan fingerprint density at radius 3 is 2.58 bits per heavy atom. The molecule has 1 heterocycles. The molecule has 0 aliphatic carbocycles. The first-order valence-electron chi connectivity index (χ1n) is 8.10. The Balaban J connectivity index is 2.40. The summed E-state index contributed by atoms with van der Waals surface area (Å²) in [6.07, 6.45) is 3.03. The molecule has 0 aromatic carbocycles. The topological polar surface area (TPSA) is 61.3 Å². The summed E-state index contributed by atoms with van der Waals surface area (Å²) in [5.41, 5.74) is 0.840. The third-order valence-electron chi connectivity index (χ3n) is 3.41. The van der Waals surface area contributed by atoms with Crippen molar-refractivity contribution in [3.8, 4) is 6.01 Å². The van der Waals surface area contributed by atoms with E-state index >= 15 is 0 Å². The lowest BCUT2D eigenvalue weighted by molar-refractivity contribution is 0.0496. The number of hydrogen-bond acceptors (Lipinski definition) is 5. The monoisotopic (exact) mass is 342 g/mol. The summed E-state index contributed by atoms with van der Waals surface area (Å²) in [6, 6.07) is 0.244. The van der Waals surface area contributed by atoms with Crippen molar-refractivity contribution in [1.29, 1.82) is 0 Å². The normalized spacial score (nSPS) is 10.4. The molecule has 0 fully saturated rings. The van der Waals surface area contributed by atoms with E-state index < -0.39 is 12.0 Å². The zero-order valence-corrected chi connectivity index (χ0v) is 14.4. The number of aromatic nitrogens is 2. The van der Waals surface area contributed by atoms with E-state index in [9.17, 15) is 13.6 Å². The van der Waals surface area contributed by atoms with Gasteiger partial charge in [-0.2, -0.15) is 13.8 Å². The molecule has 0 saturated carbocycles. The molecule has 0 aliphatic rings. The smallest absolute Gasteiger partial charge is 0.341 e. The molecular formula is C17H24F2N2O3. The number of hydrogen-bond donors (Lipinski definition) is 0. The van der Waals surface area contributed by atoms with E-state index in [0.717, 1.165) is 12.8 Å². The van der Waals surface area contributed by atoms with Gasteiger partial charge in [-0.15, -0.1) is 0 Å². The Labute approximate surface area is 141 Å². The zero-order valence-electron chi connectivity index (χ0n) is 14.4. The van der Waals surface area contributed by atoms with Gasteiger partial charge in [-0.25, -0.2) is 9.78 Å². The van der Waals surface area contributed by atoms with E-state index in [1.807, 2.05) is 0 Å². The number of unbranched alkanes of at least 4 members (excludes halogenated alkanes) is 2. The SMILES string of the molecule is CCCCOc1ncc(C(=O)OCCCCC(C)=C(F)F)c(C)n1. The number of ether oxygens (including phenoxy) is 2. The molecule has 0 radical (unpaired) electrons. The average molecular weight is 342 g/mol. The highest BCUT2D eigenvalue weighted by Gasteiger charge is 2.13. The van der Waals surface area contributed by atoms with Crippen molar-refractivity contribution in [2.75, 3.05) is 13.2 Å². The van der Waals surface area contributed by atoms with Gasteiger partial charge >= 0.3 is 12.0 Å². The van der Waals surface area contributed by atoms with Gasteiger partial charge in [0.15, 0.2) is 0 Å². The lowest BCUT2D eigenvalue weighted by Gasteiger charge is -2.08. The van der Waals surface area contributed by atoms with E-state index in [1.165, 1.54) is 13.1 Å². The quantitative estimate of drug-likeness (QED) is 0.464. The van der Waals surface area contributed by atoms with Crippen molar-refractivity contribution in [3.63, 3.8) is 0 Å². The first-order chi connectivity index (χ1) is 11.5. The first kappa shape index (κ1) is 20.0. The third kappa shape index (κ3) is 7.02. The van der Waals surface area contributed by atoms with Gasteiger partial charge in [0.25, 0.3) is 6.08 Å². The van der Waals surface area contributed by atoms with Crippen molar-refractivity contribution in [1.82, 2.24) is 9.97 Å². The highest BCUT2D eigenvalue weighted by molar-refractivity contribution is 5.90. The number of esters is 1. The number of rotatable bonds is 10. The number of carbonyl (C=O) groups excluding carboxylic acids is 1. The zero-order chi connectivity index (χ0) is 17.9. The van der Waals surface area contributed by atoms with Gasteiger partial charge in [0.05, 0.1) is 24.5 Å².